The molecule has 1 atom stereocenters. The minimum absolute atomic E-state index is 0.196. The van der Waals surface area contributed by atoms with E-state index in [0.29, 0.717) is 12.3 Å². The molecule has 0 saturated heterocycles. The molecule has 0 aliphatic heterocycles. The van der Waals surface area contributed by atoms with Crippen molar-refractivity contribution in [3.8, 4) is 0 Å². The number of nitrogens with one attached hydrogen (secondary N) is 1. The van der Waals surface area contributed by atoms with Crippen molar-refractivity contribution in [3.63, 3.8) is 0 Å². The van der Waals surface area contributed by atoms with Gasteiger partial charge in [-0.3, -0.25) is 4.79 Å². The summed E-state index contributed by atoms with van der Waals surface area (Å²) in [5, 5.41) is 3.93. The minimum atomic E-state index is 0.196. The number of rotatable bonds is 7. The van der Waals surface area contributed by atoms with Gasteiger partial charge < -0.3 is 5.32 Å². The number of hydrogen-bond donors (Lipinski definition) is 1. The summed E-state index contributed by atoms with van der Waals surface area (Å²) in [4.78, 5) is 11.2. The van der Waals surface area contributed by atoms with Crippen LogP contribution in [-0.2, 0) is 4.79 Å². The summed E-state index contributed by atoms with van der Waals surface area (Å²) < 4.78 is 0. The first-order chi connectivity index (χ1) is 6.20. The van der Waals surface area contributed by atoms with Crippen molar-refractivity contribution in [2.24, 2.45) is 5.92 Å². The van der Waals surface area contributed by atoms with Crippen molar-refractivity contribution in [2.75, 3.05) is 11.9 Å². The highest BCUT2D eigenvalue weighted by atomic mass is 79.9. The van der Waals surface area contributed by atoms with Crippen LogP contribution in [0.25, 0.3) is 0 Å². The molecule has 0 bridgehead atoms. The van der Waals surface area contributed by atoms with Gasteiger partial charge in [0, 0.05) is 18.3 Å². The van der Waals surface area contributed by atoms with Crippen LogP contribution in [0, 0.1) is 5.92 Å². The lowest BCUT2D eigenvalue weighted by atomic mass is 10.1. The van der Waals surface area contributed by atoms with E-state index >= 15 is 0 Å². The normalized spacial score (nSPS) is 12.5. The molecule has 0 fully saturated rings. The van der Waals surface area contributed by atoms with E-state index in [1.165, 1.54) is 0 Å². The molecular weight excluding hydrogens is 230 g/mol. The molecule has 0 aromatic heterocycles. The molecule has 2 nitrogen and oxygen atoms in total. The second-order valence-electron chi connectivity index (χ2n) is 3.46. The number of amides is 1. The summed E-state index contributed by atoms with van der Waals surface area (Å²) in [5.41, 5.74) is 0. The average molecular weight is 250 g/mol. The van der Waals surface area contributed by atoms with Crippen LogP contribution in [0.1, 0.15) is 39.5 Å². The third-order valence-corrected chi connectivity index (χ3v) is 2.69. The number of carbonyl (C=O) groups is 1. The van der Waals surface area contributed by atoms with E-state index in [-0.39, 0.29) is 5.91 Å². The van der Waals surface area contributed by atoms with E-state index in [0.717, 1.165) is 31.1 Å². The summed E-state index contributed by atoms with van der Waals surface area (Å²) in [5.74, 6) is 0.793. The number of unbranched alkanes of at least 4 members (excludes halogenated alkanes) is 1. The lowest BCUT2D eigenvalue weighted by Gasteiger charge is -2.09. The molecule has 0 aliphatic carbocycles. The molecule has 3 heteroatoms. The van der Waals surface area contributed by atoms with Gasteiger partial charge in [0.2, 0.25) is 5.91 Å². The highest BCUT2D eigenvalue weighted by Gasteiger charge is 2.02. The summed E-state index contributed by atoms with van der Waals surface area (Å²) >= 11 is 3.34. The van der Waals surface area contributed by atoms with Crippen LogP contribution >= 0.6 is 15.9 Å². The molecule has 78 valence electrons. The first-order valence-corrected chi connectivity index (χ1v) is 6.15. The van der Waals surface area contributed by atoms with Crippen LogP contribution in [0.15, 0.2) is 0 Å². The summed E-state index contributed by atoms with van der Waals surface area (Å²) in [7, 11) is 0. The smallest absolute Gasteiger partial charge is 0.220 e. The third-order valence-electron chi connectivity index (χ3n) is 2.13. The van der Waals surface area contributed by atoms with Gasteiger partial charge in [-0.05, 0) is 18.8 Å². The molecule has 1 unspecified atom stereocenters. The van der Waals surface area contributed by atoms with Crippen molar-refractivity contribution in [3.05, 3.63) is 0 Å². The second kappa shape index (κ2) is 8.54. The fourth-order valence-electron chi connectivity index (χ4n) is 0.901. The maximum absolute atomic E-state index is 11.2. The van der Waals surface area contributed by atoms with Crippen LogP contribution in [0.4, 0.5) is 0 Å². The second-order valence-corrected chi connectivity index (χ2v) is 4.26. The SMILES string of the molecule is CCC(C)CNC(=O)CCCCBr. The quantitative estimate of drug-likeness (QED) is 0.546. The van der Waals surface area contributed by atoms with E-state index in [1.54, 1.807) is 0 Å². The average Bonchev–Trinajstić information content (AvgIpc) is 2.14. The molecule has 13 heavy (non-hydrogen) atoms. The maximum atomic E-state index is 11.2. The van der Waals surface area contributed by atoms with Crippen LogP contribution in [0.2, 0.25) is 0 Å². The van der Waals surface area contributed by atoms with Gasteiger partial charge in [-0.25, -0.2) is 0 Å². The van der Waals surface area contributed by atoms with Crippen molar-refractivity contribution < 1.29 is 4.79 Å². The lowest BCUT2D eigenvalue weighted by molar-refractivity contribution is -0.121. The molecule has 0 aromatic carbocycles. The minimum Gasteiger partial charge on any atom is -0.356 e. The molecular formula is C10H20BrNO. The zero-order valence-corrected chi connectivity index (χ0v) is 10.2. The van der Waals surface area contributed by atoms with E-state index in [1.807, 2.05) is 0 Å². The molecule has 0 rings (SSSR count). The largest absolute Gasteiger partial charge is 0.356 e. The predicted octanol–water partition coefficient (Wildman–Crippen LogP) is 2.71. The Morgan fingerprint density at radius 1 is 1.46 bits per heavy atom. The Morgan fingerprint density at radius 2 is 2.15 bits per heavy atom. The van der Waals surface area contributed by atoms with Gasteiger partial charge in [-0.1, -0.05) is 36.2 Å². The van der Waals surface area contributed by atoms with Gasteiger partial charge in [-0.2, -0.15) is 0 Å². The van der Waals surface area contributed by atoms with Gasteiger partial charge in [0.05, 0.1) is 0 Å². The Bertz CT molecular complexity index is 139. The molecule has 0 heterocycles. The standard InChI is InChI=1S/C10H20BrNO/c1-3-9(2)8-12-10(13)6-4-5-7-11/h9H,3-8H2,1-2H3,(H,12,13). The van der Waals surface area contributed by atoms with Crippen LogP contribution < -0.4 is 5.32 Å². The molecule has 0 aromatic rings. The zero-order chi connectivity index (χ0) is 10.1. The molecule has 0 spiro atoms. The maximum Gasteiger partial charge on any atom is 0.220 e. The zero-order valence-electron chi connectivity index (χ0n) is 8.61. The summed E-state index contributed by atoms with van der Waals surface area (Å²) in [6.07, 6.45) is 3.86. The van der Waals surface area contributed by atoms with Crippen LogP contribution in [0.5, 0.6) is 0 Å². The number of alkyl halides is 1. The fraction of sp³-hybridized carbons (Fsp3) is 0.900. The van der Waals surface area contributed by atoms with Crippen molar-refractivity contribution in [1.29, 1.82) is 0 Å². The van der Waals surface area contributed by atoms with Crippen molar-refractivity contribution >= 4 is 21.8 Å². The van der Waals surface area contributed by atoms with Crippen LogP contribution in [-0.4, -0.2) is 17.8 Å². The van der Waals surface area contributed by atoms with Gasteiger partial charge in [0.15, 0.2) is 0 Å². The van der Waals surface area contributed by atoms with Crippen LogP contribution in [0.3, 0.4) is 0 Å². The molecule has 1 amide bonds. The number of carbonyl (C=O) groups excluding carboxylic acids is 1. The van der Waals surface area contributed by atoms with E-state index in [2.05, 4.69) is 35.1 Å². The summed E-state index contributed by atoms with van der Waals surface area (Å²) in [6, 6.07) is 0. The monoisotopic (exact) mass is 249 g/mol. The van der Waals surface area contributed by atoms with Gasteiger partial charge in [-0.15, -0.1) is 0 Å². The Balaban J connectivity index is 3.30. The molecule has 0 saturated carbocycles. The highest BCUT2D eigenvalue weighted by molar-refractivity contribution is 9.09. The van der Waals surface area contributed by atoms with Crippen molar-refractivity contribution in [2.45, 2.75) is 39.5 Å². The number of hydrogen-bond acceptors (Lipinski definition) is 1. The Kier molecular flexibility index (Phi) is 8.51. The first kappa shape index (κ1) is 12.9. The van der Waals surface area contributed by atoms with Gasteiger partial charge >= 0.3 is 0 Å². The fourth-order valence-corrected chi connectivity index (χ4v) is 1.30. The predicted molar refractivity (Wildman–Crippen MR) is 60.1 cm³/mol. The topological polar surface area (TPSA) is 29.1 Å². The Morgan fingerprint density at radius 3 is 2.69 bits per heavy atom. The molecule has 1 N–H and O–H groups in total. The van der Waals surface area contributed by atoms with Gasteiger partial charge in [0.1, 0.15) is 0 Å². The van der Waals surface area contributed by atoms with E-state index in [9.17, 15) is 4.79 Å². The Labute approximate surface area is 89.6 Å². The van der Waals surface area contributed by atoms with E-state index < -0.39 is 0 Å². The van der Waals surface area contributed by atoms with Gasteiger partial charge in [0.25, 0.3) is 0 Å². The first-order valence-electron chi connectivity index (χ1n) is 5.03. The molecule has 0 aliphatic rings. The Hall–Kier alpha value is -0.0500. The van der Waals surface area contributed by atoms with E-state index in [4.69, 9.17) is 0 Å². The highest BCUT2D eigenvalue weighted by Crippen LogP contribution is 2.00. The van der Waals surface area contributed by atoms with Crippen molar-refractivity contribution in [1.82, 2.24) is 5.32 Å². The third kappa shape index (κ3) is 8.28. The number of halogens is 1. The lowest BCUT2D eigenvalue weighted by Crippen LogP contribution is -2.27. The molecule has 0 radical (unpaired) electrons. The summed E-state index contributed by atoms with van der Waals surface area (Å²) in [6.45, 7) is 5.12.